The van der Waals surface area contributed by atoms with Gasteiger partial charge in [-0.3, -0.25) is 29.4 Å². The lowest BCUT2D eigenvalue weighted by atomic mass is 9.75. The lowest BCUT2D eigenvalue weighted by Crippen LogP contribution is -2.67. The molecule has 4 heterocycles. The molecule has 0 radical (unpaired) electrons. The van der Waals surface area contributed by atoms with Crippen LogP contribution in [-0.4, -0.2) is 76.0 Å². The van der Waals surface area contributed by atoms with Crippen LogP contribution in [0, 0.1) is 16.5 Å². The third-order valence-corrected chi connectivity index (χ3v) is 7.71. The molecule has 5 rings (SSSR count). The van der Waals surface area contributed by atoms with E-state index in [1.807, 2.05) is 10.6 Å². The summed E-state index contributed by atoms with van der Waals surface area (Å²) in [6.07, 6.45) is 0.959. The van der Waals surface area contributed by atoms with Gasteiger partial charge in [-0.1, -0.05) is 18.2 Å². The van der Waals surface area contributed by atoms with E-state index in [4.69, 9.17) is 5.21 Å². The highest BCUT2D eigenvalue weighted by atomic mass is 16.8. The monoisotopic (exact) mass is 494 g/mol. The van der Waals surface area contributed by atoms with E-state index in [2.05, 4.69) is 4.90 Å². The van der Waals surface area contributed by atoms with Crippen molar-refractivity contribution < 1.29 is 19.6 Å². The zero-order valence-electron chi connectivity index (χ0n) is 20.2. The summed E-state index contributed by atoms with van der Waals surface area (Å²) in [7, 11) is 2.75. The number of urea groups is 1. The van der Waals surface area contributed by atoms with E-state index >= 15 is 0 Å². The number of fused-ring (bicyclic) bond motifs is 4. The highest BCUT2D eigenvalue weighted by Gasteiger charge is 2.56. The molecule has 0 saturated carbocycles. The average molecular weight is 495 g/mol. The zero-order chi connectivity index (χ0) is 25.8. The van der Waals surface area contributed by atoms with Gasteiger partial charge in [-0.05, 0) is 42.5 Å². The molecule has 4 amide bonds. The Morgan fingerprint density at radius 2 is 1.64 bits per heavy atom. The third-order valence-electron chi connectivity index (χ3n) is 7.71. The lowest BCUT2D eigenvalue weighted by Gasteiger charge is -2.48. The summed E-state index contributed by atoms with van der Waals surface area (Å²) in [5, 5.41) is 20.1. The Balaban J connectivity index is 1.49. The van der Waals surface area contributed by atoms with Crippen LogP contribution in [0.25, 0.3) is 0 Å². The molecule has 11 nitrogen and oxygen atoms in total. The van der Waals surface area contributed by atoms with Gasteiger partial charge in [0.15, 0.2) is 0 Å². The van der Waals surface area contributed by atoms with Gasteiger partial charge in [0.2, 0.25) is 11.8 Å². The van der Waals surface area contributed by atoms with Crippen LogP contribution in [0.2, 0.25) is 0 Å². The van der Waals surface area contributed by atoms with Crippen molar-refractivity contribution in [3.8, 4) is 0 Å². The van der Waals surface area contributed by atoms with Crippen LogP contribution in [0.5, 0.6) is 0 Å². The Morgan fingerprint density at radius 3 is 2.28 bits per heavy atom. The van der Waals surface area contributed by atoms with Crippen molar-refractivity contribution in [1.29, 1.82) is 0 Å². The summed E-state index contributed by atoms with van der Waals surface area (Å²) in [6, 6.07) is 10.6. The van der Waals surface area contributed by atoms with Gasteiger partial charge >= 0.3 is 6.03 Å². The Bertz CT molecular complexity index is 1250. The quantitative estimate of drug-likeness (QED) is 0.486. The van der Waals surface area contributed by atoms with Crippen LogP contribution in [0.1, 0.15) is 23.6 Å². The van der Waals surface area contributed by atoms with Crippen molar-refractivity contribution in [2.45, 2.75) is 25.3 Å². The number of imide groups is 2. The maximum absolute atomic E-state index is 13.6. The largest absolute Gasteiger partial charge is 0.733 e. The zero-order valence-corrected chi connectivity index (χ0v) is 20.2. The van der Waals surface area contributed by atoms with E-state index in [1.165, 1.54) is 26.2 Å². The Hall–Kier alpha value is -3.54. The summed E-state index contributed by atoms with van der Waals surface area (Å²) in [5.41, 5.74) is 0.0420. The minimum atomic E-state index is -1.54. The van der Waals surface area contributed by atoms with Crippen LogP contribution in [0.15, 0.2) is 47.3 Å². The molecule has 1 aromatic carbocycles. The number of hydrogen-bond acceptors (Lipinski definition) is 8. The van der Waals surface area contributed by atoms with Gasteiger partial charge in [0, 0.05) is 58.0 Å². The maximum atomic E-state index is 13.6. The van der Waals surface area contributed by atoms with E-state index in [0.29, 0.717) is 25.2 Å². The fourth-order valence-electron chi connectivity index (χ4n) is 6.07. The van der Waals surface area contributed by atoms with Gasteiger partial charge in [0.05, 0.1) is 5.69 Å². The summed E-state index contributed by atoms with van der Waals surface area (Å²) >= 11 is 0. The topological polar surface area (TPSA) is 129 Å². The number of barbiturate groups is 1. The summed E-state index contributed by atoms with van der Waals surface area (Å²) in [6.45, 7) is 1.91. The van der Waals surface area contributed by atoms with E-state index in [-0.39, 0.29) is 41.3 Å². The molecule has 2 fully saturated rings. The first-order valence-electron chi connectivity index (χ1n) is 11.9. The highest BCUT2D eigenvalue weighted by Crippen LogP contribution is 2.39. The molecule has 1 aromatic heterocycles. The normalized spacial score (nSPS) is 23.6. The first-order chi connectivity index (χ1) is 17.1. The Kier molecular flexibility index (Phi) is 5.93. The second-order valence-electron chi connectivity index (χ2n) is 10.1. The van der Waals surface area contributed by atoms with Gasteiger partial charge < -0.3 is 19.9 Å². The first-order valence-corrected chi connectivity index (χ1v) is 11.9. The summed E-state index contributed by atoms with van der Waals surface area (Å²) in [4.78, 5) is 56.3. The molecule has 2 saturated heterocycles. The van der Waals surface area contributed by atoms with Crippen molar-refractivity contribution in [3.63, 3.8) is 0 Å². The van der Waals surface area contributed by atoms with Crippen molar-refractivity contribution >= 4 is 23.5 Å². The second kappa shape index (κ2) is 8.84. The number of rotatable bonds is 5. The smallest absolute Gasteiger partial charge is 0.332 e. The molecule has 2 bridgehead atoms. The van der Waals surface area contributed by atoms with E-state index < -0.39 is 23.3 Å². The predicted molar refractivity (Wildman–Crippen MR) is 129 cm³/mol. The van der Waals surface area contributed by atoms with Crippen molar-refractivity contribution in [2.24, 2.45) is 11.3 Å². The Labute approximate surface area is 207 Å². The van der Waals surface area contributed by atoms with Crippen molar-refractivity contribution in [1.82, 2.24) is 19.3 Å². The predicted octanol–water partition coefficient (Wildman–Crippen LogP) is 1.24. The second-order valence-corrected chi connectivity index (χ2v) is 10.1. The van der Waals surface area contributed by atoms with Crippen LogP contribution in [-0.2, 0) is 22.6 Å². The molecule has 2 atom stereocenters. The highest BCUT2D eigenvalue weighted by molar-refractivity contribution is 6.19. The summed E-state index contributed by atoms with van der Waals surface area (Å²) in [5.74, 6) is -0.841. The minimum Gasteiger partial charge on any atom is -0.733 e. The fourth-order valence-corrected chi connectivity index (χ4v) is 6.07. The third kappa shape index (κ3) is 3.89. The van der Waals surface area contributed by atoms with Crippen molar-refractivity contribution in [3.05, 3.63) is 69.3 Å². The van der Waals surface area contributed by atoms with Crippen molar-refractivity contribution in [2.75, 3.05) is 39.0 Å². The van der Waals surface area contributed by atoms with Crippen LogP contribution >= 0.6 is 0 Å². The molecule has 0 spiro atoms. The van der Waals surface area contributed by atoms with Gasteiger partial charge in [-0.25, -0.2) is 4.79 Å². The molecule has 0 aliphatic carbocycles. The van der Waals surface area contributed by atoms with Crippen LogP contribution in [0.3, 0.4) is 0 Å². The van der Waals surface area contributed by atoms with E-state index in [1.54, 1.807) is 24.3 Å². The van der Waals surface area contributed by atoms with Crippen LogP contribution < -0.4 is 10.8 Å². The summed E-state index contributed by atoms with van der Waals surface area (Å²) < 4.78 is 1.82. The molecule has 1 N–H and O–H groups in total. The van der Waals surface area contributed by atoms with E-state index in [9.17, 15) is 24.4 Å². The molecule has 190 valence electrons. The molecule has 36 heavy (non-hydrogen) atoms. The molecule has 2 unspecified atom stereocenters. The molecule has 3 aliphatic rings. The SMILES string of the molecule is CN1C(=O)N(C)C(=O)C(Cc2ccc(N([O-])O)cc2)(CN2CC3CC(C2)c2cccc(=O)n2C3)C1=O. The van der Waals surface area contributed by atoms with Gasteiger partial charge in [0.25, 0.3) is 5.56 Å². The number of anilines is 1. The van der Waals surface area contributed by atoms with Gasteiger partial charge in [-0.2, -0.15) is 0 Å². The standard InChI is InChI=1S/C25H28N5O6/c1-26-22(32)25(23(33)27(2)24(26)34,11-16-6-8-19(9-7-16)30(35)36)15-28-12-17-10-18(14-28)20-4-3-5-21(31)29(20)13-17/h3-9,17-18,35H,10-15H2,1-2H3/q-1. The number of piperidine rings is 1. The number of aromatic nitrogens is 1. The number of nitrogens with zero attached hydrogens (tertiary/aromatic N) is 5. The number of hydrogen-bond donors (Lipinski definition) is 1. The number of likely N-dealkylation sites (tertiary alicyclic amines) is 1. The first kappa shape index (κ1) is 24.2. The number of carbonyl (C=O) groups excluding carboxylic acids is 3. The minimum absolute atomic E-state index is 0.0190. The molecular weight excluding hydrogens is 466 g/mol. The number of amides is 4. The van der Waals surface area contributed by atoms with E-state index in [0.717, 1.165) is 21.9 Å². The number of benzene rings is 1. The number of pyridine rings is 1. The van der Waals surface area contributed by atoms with Gasteiger partial charge in [0.1, 0.15) is 5.41 Å². The maximum Gasteiger partial charge on any atom is 0.332 e. The molecule has 3 aliphatic heterocycles. The molecule has 2 aromatic rings. The Morgan fingerprint density at radius 1 is 0.972 bits per heavy atom. The van der Waals surface area contributed by atoms with Crippen LogP contribution in [0.4, 0.5) is 10.5 Å². The average Bonchev–Trinajstić information content (AvgIpc) is 2.86. The van der Waals surface area contributed by atoms with Gasteiger partial charge in [-0.15, -0.1) is 0 Å². The fraction of sp³-hybridized carbons (Fsp3) is 0.440. The lowest BCUT2D eigenvalue weighted by molar-refractivity contribution is -0.159. The number of carbonyl (C=O) groups is 3. The molecule has 11 heteroatoms. The molecular formula is C25H28N5O6-.